The summed E-state index contributed by atoms with van der Waals surface area (Å²) >= 11 is 2.40. The van der Waals surface area contributed by atoms with E-state index in [1.165, 1.54) is 12.8 Å². The normalized spacial score (nSPS) is 45.7. The molecule has 0 nitrogen and oxygen atoms in total. The van der Waals surface area contributed by atoms with Crippen LogP contribution < -0.4 is 0 Å². The molecular formula is C9H17Ti. The van der Waals surface area contributed by atoms with Gasteiger partial charge in [0.1, 0.15) is 0 Å². The van der Waals surface area contributed by atoms with Crippen LogP contribution in [0.15, 0.2) is 0 Å². The van der Waals surface area contributed by atoms with Gasteiger partial charge < -0.3 is 0 Å². The Morgan fingerprint density at radius 2 is 1.80 bits per heavy atom. The first kappa shape index (κ1) is 8.81. The summed E-state index contributed by atoms with van der Waals surface area (Å²) in [5, 5.41) is 0. The molecule has 10 heavy (non-hydrogen) atoms. The minimum atomic E-state index is 0.549. The summed E-state index contributed by atoms with van der Waals surface area (Å²) in [5.41, 5.74) is 0.549. The third kappa shape index (κ3) is 1.10. The molecule has 1 aliphatic carbocycles. The molecule has 0 aliphatic heterocycles. The van der Waals surface area contributed by atoms with Crippen molar-refractivity contribution in [3.05, 3.63) is 0 Å². The first-order valence-corrected chi connectivity index (χ1v) is 4.91. The molecule has 1 saturated carbocycles. The van der Waals surface area contributed by atoms with Gasteiger partial charge in [0.05, 0.1) is 0 Å². The molecule has 1 rings (SSSR count). The van der Waals surface area contributed by atoms with Crippen LogP contribution in [0.2, 0.25) is 3.72 Å². The summed E-state index contributed by atoms with van der Waals surface area (Å²) in [5.74, 6) is 0.905. The second-order valence-corrected chi connectivity index (χ2v) is 6.22. The van der Waals surface area contributed by atoms with Crippen LogP contribution in [0.3, 0.4) is 0 Å². The van der Waals surface area contributed by atoms with Crippen molar-refractivity contribution < 1.29 is 20.4 Å². The number of rotatable bonds is 0. The van der Waals surface area contributed by atoms with Gasteiger partial charge in [-0.3, -0.25) is 0 Å². The monoisotopic (exact) mass is 173 g/mol. The van der Waals surface area contributed by atoms with E-state index < -0.39 is 0 Å². The van der Waals surface area contributed by atoms with E-state index in [1.54, 1.807) is 0 Å². The van der Waals surface area contributed by atoms with Crippen LogP contribution in [0.4, 0.5) is 0 Å². The van der Waals surface area contributed by atoms with Crippen molar-refractivity contribution in [3.8, 4) is 0 Å². The molecule has 0 aromatic heterocycles. The van der Waals surface area contributed by atoms with Crippen molar-refractivity contribution in [2.24, 2.45) is 11.3 Å². The Bertz CT molecular complexity index is 136. The molecule has 2 atom stereocenters. The van der Waals surface area contributed by atoms with Gasteiger partial charge in [-0.2, -0.15) is 0 Å². The van der Waals surface area contributed by atoms with Gasteiger partial charge in [0.2, 0.25) is 0 Å². The summed E-state index contributed by atoms with van der Waals surface area (Å²) in [6, 6.07) is 0. The molecule has 2 unspecified atom stereocenters. The average molecular weight is 173 g/mol. The molecule has 0 bridgehead atoms. The molecule has 0 amide bonds. The summed E-state index contributed by atoms with van der Waals surface area (Å²) < 4.78 is 0.562. The molecule has 1 aliphatic rings. The predicted molar refractivity (Wildman–Crippen MR) is 40.5 cm³/mol. The summed E-state index contributed by atoms with van der Waals surface area (Å²) in [4.78, 5) is 0. The Kier molecular flexibility index (Phi) is 2.07. The van der Waals surface area contributed by atoms with Crippen molar-refractivity contribution in [1.82, 2.24) is 0 Å². The zero-order chi connectivity index (χ0) is 7.99. The molecule has 57 valence electrons. The summed E-state index contributed by atoms with van der Waals surface area (Å²) in [6.07, 6.45) is 2.82. The fraction of sp³-hybridized carbons (Fsp3) is 1.00. The Morgan fingerprint density at radius 1 is 1.30 bits per heavy atom. The van der Waals surface area contributed by atoms with Crippen molar-refractivity contribution in [3.63, 3.8) is 0 Å². The van der Waals surface area contributed by atoms with Crippen LogP contribution in [0, 0.1) is 11.3 Å². The van der Waals surface area contributed by atoms with E-state index in [9.17, 15) is 0 Å². The molecule has 0 saturated heterocycles. The minimum absolute atomic E-state index is 0.549. The van der Waals surface area contributed by atoms with Gasteiger partial charge in [0.25, 0.3) is 0 Å². The van der Waals surface area contributed by atoms with Crippen LogP contribution in [0.1, 0.15) is 40.5 Å². The van der Waals surface area contributed by atoms with Crippen molar-refractivity contribution in [2.75, 3.05) is 0 Å². The number of hydrogen-bond acceptors (Lipinski definition) is 0. The molecule has 0 spiro atoms. The van der Waals surface area contributed by atoms with Gasteiger partial charge >= 0.3 is 76.0 Å². The first-order valence-electron chi connectivity index (χ1n) is 4.13. The molecule has 0 aromatic carbocycles. The Morgan fingerprint density at radius 3 is 1.90 bits per heavy atom. The van der Waals surface area contributed by atoms with Crippen LogP contribution in [0.5, 0.6) is 0 Å². The van der Waals surface area contributed by atoms with E-state index in [2.05, 4.69) is 48.1 Å². The quantitative estimate of drug-likeness (QED) is 0.493. The maximum atomic E-state index is 2.41. The molecule has 0 N–H and O–H groups in total. The Balaban J connectivity index is 2.84. The standard InChI is InChI=1S/C9H17.Ti/c1-7-5-6-8(2)9(7,3)4;/h7H,5-6H2,1-4H3;. The van der Waals surface area contributed by atoms with Crippen LogP contribution in [-0.4, -0.2) is 0 Å². The molecule has 0 aromatic rings. The third-order valence-electron chi connectivity index (χ3n) is 3.73. The summed E-state index contributed by atoms with van der Waals surface area (Å²) in [7, 11) is 0. The van der Waals surface area contributed by atoms with Crippen molar-refractivity contribution in [1.29, 1.82) is 0 Å². The Hall–Kier alpha value is 0.714. The zero-order valence-electron chi connectivity index (χ0n) is 7.49. The third-order valence-corrected chi connectivity index (χ3v) is 5.13. The molecule has 0 heterocycles. The van der Waals surface area contributed by atoms with Crippen LogP contribution >= 0.6 is 0 Å². The SMILES string of the molecule is CC1CC[C](C)([Ti])C1(C)C. The van der Waals surface area contributed by atoms with Gasteiger partial charge in [-0.25, -0.2) is 0 Å². The maximum absolute atomic E-state index is 2.41. The van der Waals surface area contributed by atoms with Gasteiger partial charge in [0, 0.05) is 0 Å². The fourth-order valence-electron chi connectivity index (χ4n) is 1.73. The van der Waals surface area contributed by atoms with E-state index in [-0.39, 0.29) is 0 Å². The predicted octanol–water partition coefficient (Wildman–Crippen LogP) is 3.17. The van der Waals surface area contributed by atoms with Gasteiger partial charge in [0.15, 0.2) is 0 Å². The summed E-state index contributed by atoms with van der Waals surface area (Å²) in [6.45, 7) is 9.60. The second kappa shape index (κ2) is 2.35. The van der Waals surface area contributed by atoms with Gasteiger partial charge in [-0.1, -0.05) is 0 Å². The van der Waals surface area contributed by atoms with Crippen LogP contribution in [-0.2, 0) is 20.4 Å². The van der Waals surface area contributed by atoms with Crippen LogP contribution in [0.25, 0.3) is 0 Å². The second-order valence-electron chi connectivity index (χ2n) is 4.49. The van der Waals surface area contributed by atoms with Crippen molar-refractivity contribution in [2.45, 2.75) is 44.3 Å². The van der Waals surface area contributed by atoms with Crippen molar-refractivity contribution >= 4 is 0 Å². The fourth-order valence-corrected chi connectivity index (χ4v) is 2.34. The molecule has 1 heteroatoms. The van der Waals surface area contributed by atoms with E-state index in [1.807, 2.05) is 0 Å². The van der Waals surface area contributed by atoms with E-state index in [4.69, 9.17) is 0 Å². The molecule has 0 radical (unpaired) electrons. The van der Waals surface area contributed by atoms with E-state index in [0.29, 0.717) is 9.13 Å². The molecular weight excluding hydrogens is 156 g/mol. The first-order chi connectivity index (χ1) is 4.38. The topological polar surface area (TPSA) is 0 Å². The average Bonchev–Trinajstić information content (AvgIpc) is 1.94. The van der Waals surface area contributed by atoms with Gasteiger partial charge in [-0.15, -0.1) is 0 Å². The zero-order valence-corrected chi connectivity index (χ0v) is 9.05. The van der Waals surface area contributed by atoms with E-state index in [0.717, 1.165) is 5.92 Å². The molecule has 1 fully saturated rings. The van der Waals surface area contributed by atoms with Gasteiger partial charge in [-0.05, 0) is 0 Å². The Labute approximate surface area is 76.2 Å². The number of hydrogen-bond donors (Lipinski definition) is 0. The van der Waals surface area contributed by atoms with E-state index >= 15 is 0 Å².